The minimum absolute atomic E-state index is 0.0331. The molecule has 1 fully saturated rings. The zero-order valence-corrected chi connectivity index (χ0v) is 16.8. The first-order chi connectivity index (χ1) is 13.2. The molecule has 2 aromatic heterocycles. The average Bonchev–Trinajstić information content (AvgIpc) is 3.22. The maximum atomic E-state index is 12.3. The average molecular weight is 399 g/mol. The second kappa shape index (κ2) is 8.27. The van der Waals surface area contributed by atoms with Gasteiger partial charge in [0.25, 0.3) is 0 Å². The number of hydrogen-bond acceptors (Lipinski definition) is 5. The van der Waals surface area contributed by atoms with Gasteiger partial charge < -0.3 is 5.32 Å². The van der Waals surface area contributed by atoms with Crippen molar-refractivity contribution in [2.45, 2.75) is 36.9 Å². The minimum atomic E-state index is 0.0331. The van der Waals surface area contributed by atoms with E-state index in [4.69, 9.17) is 0 Å². The van der Waals surface area contributed by atoms with Gasteiger partial charge in [0.1, 0.15) is 0 Å². The molecule has 1 amide bonds. The normalized spacial score (nSPS) is 14.9. The van der Waals surface area contributed by atoms with E-state index in [-0.39, 0.29) is 5.91 Å². The van der Waals surface area contributed by atoms with Crippen LogP contribution in [0, 0.1) is 0 Å². The number of carbonyl (C=O) groups excluding carboxylic acids is 1. The third kappa shape index (κ3) is 4.42. The number of benzene rings is 1. The summed E-state index contributed by atoms with van der Waals surface area (Å²) in [6, 6.07) is 14.8. The molecule has 0 aliphatic heterocycles. The van der Waals surface area contributed by atoms with E-state index in [9.17, 15) is 4.79 Å². The molecular weight excluding hydrogens is 376 g/mol. The molecule has 7 heteroatoms. The Morgan fingerprint density at radius 2 is 2.07 bits per heavy atom. The standard InChI is InChI=1S/C20H22N4OS2/c1-14(15-6-3-2-4-7-15)12-21-18(25)13-27-20-23-22-19(17-8-5-11-26-17)24(20)16-9-10-16/h2-8,11,14,16H,9-10,12-13H2,1H3,(H,21,25)/t14-/m0/s1. The molecule has 3 aromatic rings. The van der Waals surface area contributed by atoms with Gasteiger partial charge in [-0.2, -0.15) is 0 Å². The van der Waals surface area contributed by atoms with Gasteiger partial charge in [-0.05, 0) is 35.8 Å². The molecular formula is C20H22N4OS2. The lowest BCUT2D eigenvalue weighted by atomic mass is 10.0. The van der Waals surface area contributed by atoms with Crippen molar-refractivity contribution in [3.63, 3.8) is 0 Å². The summed E-state index contributed by atoms with van der Waals surface area (Å²) < 4.78 is 2.20. The summed E-state index contributed by atoms with van der Waals surface area (Å²) in [5.41, 5.74) is 1.24. The minimum Gasteiger partial charge on any atom is -0.355 e. The van der Waals surface area contributed by atoms with Crippen molar-refractivity contribution in [1.29, 1.82) is 0 Å². The van der Waals surface area contributed by atoms with E-state index in [0.717, 1.165) is 28.7 Å². The van der Waals surface area contributed by atoms with E-state index >= 15 is 0 Å². The van der Waals surface area contributed by atoms with Gasteiger partial charge in [0.15, 0.2) is 11.0 Å². The Hall–Kier alpha value is -2.12. The molecule has 0 spiro atoms. The molecule has 0 bridgehead atoms. The van der Waals surface area contributed by atoms with E-state index in [1.165, 1.54) is 17.3 Å². The number of nitrogens with one attached hydrogen (secondary N) is 1. The van der Waals surface area contributed by atoms with Crippen LogP contribution in [0.1, 0.15) is 37.3 Å². The number of rotatable bonds is 8. The van der Waals surface area contributed by atoms with Crippen LogP contribution in [-0.2, 0) is 4.79 Å². The van der Waals surface area contributed by atoms with Crippen LogP contribution in [-0.4, -0.2) is 33.0 Å². The Bertz CT molecular complexity index is 888. The van der Waals surface area contributed by atoms with Crippen LogP contribution in [0.5, 0.6) is 0 Å². The number of aromatic nitrogens is 3. The van der Waals surface area contributed by atoms with Crippen LogP contribution in [0.25, 0.3) is 10.7 Å². The molecule has 0 unspecified atom stereocenters. The molecule has 1 atom stereocenters. The maximum absolute atomic E-state index is 12.3. The van der Waals surface area contributed by atoms with Crippen molar-refractivity contribution in [2.75, 3.05) is 12.3 Å². The van der Waals surface area contributed by atoms with Gasteiger partial charge in [-0.15, -0.1) is 21.5 Å². The number of thioether (sulfide) groups is 1. The Morgan fingerprint density at radius 3 is 2.78 bits per heavy atom. The first-order valence-electron chi connectivity index (χ1n) is 9.15. The first kappa shape index (κ1) is 18.3. The van der Waals surface area contributed by atoms with Gasteiger partial charge in [0, 0.05) is 12.6 Å². The molecule has 1 N–H and O–H groups in total. The molecule has 1 saturated carbocycles. The van der Waals surface area contributed by atoms with Gasteiger partial charge >= 0.3 is 0 Å². The van der Waals surface area contributed by atoms with Crippen LogP contribution < -0.4 is 5.32 Å². The van der Waals surface area contributed by atoms with Crippen LogP contribution >= 0.6 is 23.1 Å². The van der Waals surface area contributed by atoms with Crippen molar-refractivity contribution in [2.24, 2.45) is 0 Å². The second-order valence-electron chi connectivity index (χ2n) is 6.79. The number of carbonyl (C=O) groups is 1. The number of amides is 1. The Labute approximate surface area is 167 Å². The zero-order valence-electron chi connectivity index (χ0n) is 15.2. The molecule has 27 heavy (non-hydrogen) atoms. The number of thiophene rings is 1. The van der Waals surface area contributed by atoms with Crippen molar-refractivity contribution < 1.29 is 4.79 Å². The Kier molecular flexibility index (Phi) is 5.59. The highest BCUT2D eigenvalue weighted by Gasteiger charge is 2.30. The quantitative estimate of drug-likeness (QED) is 0.573. The number of nitrogens with zero attached hydrogens (tertiary/aromatic N) is 3. The highest BCUT2D eigenvalue weighted by Crippen LogP contribution is 2.41. The predicted molar refractivity (Wildman–Crippen MR) is 110 cm³/mol. The summed E-state index contributed by atoms with van der Waals surface area (Å²) in [6.07, 6.45) is 2.32. The van der Waals surface area contributed by atoms with Gasteiger partial charge in [0.2, 0.25) is 5.91 Å². The van der Waals surface area contributed by atoms with E-state index in [0.29, 0.717) is 24.3 Å². The fourth-order valence-corrected chi connectivity index (χ4v) is 4.50. The van der Waals surface area contributed by atoms with Gasteiger partial charge in [0.05, 0.1) is 10.6 Å². The summed E-state index contributed by atoms with van der Waals surface area (Å²) in [4.78, 5) is 13.4. The fourth-order valence-electron chi connectivity index (χ4n) is 2.96. The monoisotopic (exact) mass is 398 g/mol. The first-order valence-corrected chi connectivity index (χ1v) is 11.0. The van der Waals surface area contributed by atoms with Gasteiger partial charge in [-0.3, -0.25) is 9.36 Å². The van der Waals surface area contributed by atoms with E-state index < -0.39 is 0 Å². The molecule has 1 aromatic carbocycles. The summed E-state index contributed by atoms with van der Waals surface area (Å²) >= 11 is 3.14. The van der Waals surface area contributed by atoms with E-state index in [1.807, 2.05) is 24.3 Å². The smallest absolute Gasteiger partial charge is 0.230 e. The van der Waals surface area contributed by atoms with Crippen molar-refractivity contribution in [3.05, 3.63) is 53.4 Å². The van der Waals surface area contributed by atoms with Crippen LogP contribution in [0.4, 0.5) is 0 Å². The predicted octanol–water partition coefficient (Wildman–Crippen LogP) is 4.35. The summed E-state index contributed by atoms with van der Waals surface area (Å²) in [6.45, 7) is 2.76. The van der Waals surface area contributed by atoms with Crippen molar-refractivity contribution >= 4 is 29.0 Å². The fraction of sp³-hybridized carbons (Fsp3) is 0.350. The molecule has 1 aliphatic carbocycles. The lowest BCUT2D eigenvalue weighted by Crippen LogP contribution is -2.29. The van der Waals surface area contributed by atoms with Crippen LogP contribution in [0.2, 0.25) is 0 Å². The molecule has 1 aliphatic rings. The molecule has 140 valence electrons. The maximum Gasteiger partial charge on any atom is 0.230 e. The summed E-state index contributed by atoms with van der Waals surface area (Å²) in [5, 5.41) is 14.7. The topological polar surface area (TPSA) is 59.8 Å². The highest BCUT2D eigenvalue weighted by molar-refractivity contribution is 7.99. The summed E-state index contributed by atoms with van der Waals surface area (Å²) in [7, 11) is 0. The van der Waals surface area contributed by atoms with E-state index in [1.54, 1.807) is 11.3 Å². The van der Waals surface area contributed by atoms with Crippen molar-refractivity contribution in [3.8, 4) is 10.7 Å². The highest BCUT2D eigenvalue weighted by atomic mass is 32.2. The SMILES string of the molecule is C[C@@H](CNC(=O)CSc1nnc(-c2cccs2)n1C1CC1)c1ccccc1. The van der Waals surface area contributed by atoms with Gasteiger partial charge in [-0.1, -0.05) is 55.1 Å². The summed E-state index contributed by atoms with van der Waals surface area (Å²) in [5.74, 6) is 1.61. The second-order valence-corrected chi connectivity index (χ2v) is 8.68. The molecule has 0 radical (unpaired) electrons. The van der Waals surface area contributed by atoms with Crippen molar-refractivity contribution in [1.82, 2.24) is 20.1 Å². The molecule has 2 heterocycles. The lowest BCUT2D eigenvalue weighted by Gasteiger charge is -2.13. The molecule has 5 nitrogen and oxygen atoms in total. The largest absolute Gasteiger partial charge is 0.355 e. The Balaban J connectivity index is 1.34. The van der Waals surface area contributed by atoms with Crippen LogP contribution in [0.3, 0.4) is 0 Å². The lowest BCUT2D eigenvalue weighted by molar-refractivity contribution is -0.118. The number of hydrogen-bond donors (Lipinski definition) is 1. The van der Waals surface area contributed by atoms with E-state index in [2.05, 4.69) is 50.6 Å². The molecule has 0 saturated heterocycles. The molecule has 4 rings (SSSR count). The zero-order chi connectivity index (χ0) is 18.6. The van der Waals surface area contributed by atoms with Crippen LogP contribution in [0.15, 0.2) is 53.0 Å². The Morgan fingerprint density at radius 1 is 1.26 bits per heavy atom. The third-order valence-corrected chi connectivity index (χ3v) is 6.43. The third-order valence-electron chi connectivity index (χ3n) is 4.62. The van der Waals surface area contributed by atoms with Gasteiger partial charge in [-0.25, -0.2) is 0 Å².